The van der Waals surface area contributed by atoms with E-state index in [0.29, 0.717) is 43.3 Å². The third-order valence-corrected chi connectivity index (χ3v) is 7.36. The maximum atomic E-state index is 15.9. The molecule has 3 aromatic rings. The first kappa shape index (κ1) is 22.8. The first-order valence-electron chi connectivity index (χ1n) is 12.6. The molecule has 1 unspecified atom stereocenters. The second kappa shape index (κ2) is 9.11. The van der Waals surface area contributed by atoms with Crippen LogP contribution in [0.2, 0.25) is 0 Å². The highest BCUT2D eigenvalue weighted by Gasteiger charge is 2.36. The van der Waals surface area contributed by atoms with Crippen molar-refractivity contribution in [2.45, 2.75) is 64.0 Å². The van der Waals surface area contributed by atoms with Crippen LogP contribution < -0.4 is 4.90 Å². The molecule has 5 heterocycles. The third-order valence-electron chi connectivity index (χ3n) is 7.36. The van der Waals surface area contributed by atoms with E-state index in [-0.39, 0.29) is 12.4 Å². The lowest BCUT2D eigenvalue weighted by Gasteiger charge is -2.41. The lowest BCUT2D eigenvalue weighted by Crippen LogP contribution is -2.54. The number of aryl methyl sites for hydroxylation is 2. The van der Waals surface area contributed by atoms with Crippen molar-refractivity contribution in [2.75, 3.05) is 37.8 Å². The first-order chi connectivity index (χ1) is 17.0. The molecule has 3 saturated heterocycles. The minimum absolute atomic E-state index is 0.0822. The second-order valence-electron chi connectivity index (χ2n) is 9.95. The van der Waals surface area contributed by atoms with Crippen molar-refractivity contribution in [3.8, 4) is 5.82 Å². The van der Waals surface area contributed by atoms with Crippen LogP contribution in [0.1, 0.15) is 49.1 Å². The Morgan fingerprint density at radius 2 is 1.83 bits per heavy atom. The summed E-state index contributed by atoms with van der Waals surface area (Å²) < 4.78 is 34.9. The van der Waals surface area contributed by atoms with Gasteiger partial charge in [0.15, 0.2) is 12.1 Å². The quantitative estimate of drug-likeness (QED) is 0.542. The summed E-state index contributed by atoms with van der Waals surface area (Å²) in [6.45, 7) is 7.06. The van der Waals surface area contributed by atoms with Gasteiger partial charge in [-0.3, -0.25) is 0 Å². The Hall–Kier alpha value is -2.62. The topological polar surface area (TPSA) is 74.5 Å². The van der Waals surface area contributed by atoms with Gasteiger partial charge in [0, 0.05) is 57.2 Å². The highest BCUT2D eigenvalue weighted by molar-refractivity contribution is 5.82. The molecule has 35 heavy (non-hydrogen) atoms. The number of hydrogen-bond acceptors (Lipinski definition) is 7. The van der Waals surface area contributed by atoms with E-state index < -0.39 is 5.67 Å². The zero-order valence-electron chi connectivity index (χ0n) is 20.4. The van der Waals surface area contributed by atoms with Gasteiger partial charge >= 0.3 is 0 Å². The fourth-order valence-corrected chi connectivity index (χ4v) is 5.37. The lowest BCUT2D eigenvalue weighted by atomic mass is 9.85. The van der Waals surface area contributed by atoms with Crippen molar-refractivity contribution in [1.82, 2.24) is 19.7 Å². The fourth-order valence-electron chi connectivity index (χ4n) is 5.37. The van der Waals surface area contributed by atoms with E-state index >= 15 is 4.39 Å². The van der Waals surface area contributed by atoms with Crippen LogP contribution in [-0.4, -0.2) is 65.1 Å². The number of hydrogen-bond donors (Lipinski definition) is 0. The molecule has 0 bridgehead atoms. The van der Waals surface area contributed by atoms with E-state index in [1.165, 1.54) is 0 Å². The van der Waals surface area contributed by atoms with Crippen LogP contribution in [0.15, 0.2) is 24.4 Å². The number of fused-ring (bicyclic) bond motifs is 1. The molecular formula is C26H32FN5O3. The van der Waals surface area contributed by atoms with Gasteiger partial charge in [-0.05, 0) is 56.4 Å². The van der Waals surface area contributed by atoms with Crippen molar-refractivity contribution in [1.29, 1.82) is 0 Å². The van der Waals surface area contributed by atoms with Gasteiger partial charge in [0.25, 0.3) is 0 Å². The van der Waals surface area contributed by atoms with E-state index in [1.54, 1.807) is 4.68 Å². The molecule has 0 N–H and O–H groups in total. The standard InChI is InChI=1S/C26H32FN5O3/c1-17-11-19-14-28-32(22(19)12-21(17)26(27)6-9-33-10-7-26)24-13-23(29-18(2)30-24)31-15-20(16-31)35-25-5-3-4-8-34-25/h11-14,20,25H,3-10,15-16H2,1-2H3. The summed E-state index contributed by atoms with van der Waals surface area (Å²) in [6, 6.07) is 5.91. The highest BCUT2D eigenvalue weighted by atomic mass is 19.1. The molecule has 3 aliphatic heterocycles. The number of alkyl halides is 1. The molecule has 0 spiro atoms. The molecule has 0 saturated carbocycles. The van der Waals surface area contributed by atoms with E-state index in [2.05, 4.69) is 20.0 Å². The van der Waals surface area contributed by atoms with Gasteiger partial charge in [-0.1, -0.05) is 0 Å². The summed E-state index contributed by atoms with van der Waals surface area (Å²) >= 11 is 0. The summed E-state index contributed by atoms with van der Waals surface area (Å²) in [4.78, 5) is 11.5. The van der Waals surface area contributed by atoms with Crippen LogP contribution in [0.25, 0.3) is 16.7 Å². The molecular weight excluding hydrogens is 449 g/mol. The Kier molecular flexibility index (Phi) is 5.94. The van der Waals surface area contributed by atoms with Gasteiger partial charge in [-0.25, -0.2) is 19.0 Å². The van der Waals surface area contributed by atoms with Crippen LogP contribution in [0, 0.1) is 13.8 Å². The highest BCUT2D eigenvalue weighted by Crippen LogP contribution is 2.40. The van der Waals surface area contributed by atoms with Gasteiger partial charge in [0.2, 0.25) is 0 Å². The summed E-state index contributed by atoms with van der Waals surface area (Å²) in [7, 11) is 0. The average molecular weight is 482 g/mol. The van der Waals surface area contributed by atoms with Crippen LogP contribution in [0.4, 0.5) is 10.2 Å². The van der Waals surface area contributed by atoms with Crippen molar-refractivity contribution in [3.63, 3.8) is 0 Å². The Labute approximate surface area is 204 Å². The Morgan fingerprint density at radius 1 is 1.03 bits per heavy atom. The number of halogens is 1. The van der Waals surface area contributed by atoms with Crippen molar-refractivity contribution >= 4 is 16.7 Å². The summed E-state index contributed by atoms with van der Waals surface area (Å²) in [5, 5.41) is 5.58. The Bertz CT molecular complexity index is 1210. The minimum atomic E-state index is -1.38. The minimum Gasteiger partial charge on any atom is -0.381 e. The largest absolute Gasteiger partial charge is 0.381 e. The molecule has 3 aliphatic rings. The Morgan fingerprint density at radius 3 is 2.60 bits per heavy atom. The monoisotopic (exact) mass is 481 g/mol. The number of rotatable bonds is 5. The molecule has 3 fully saturated rings. The fraction of sp³-hybridized carbons (Fsp3) is 0.577. The van der Waals surface area contributed by atoms with Gasteiger partial charge in [-0.15, -0.1) is 0 Å². The smallest absolute Gasteiger partial charge is 0.159 e. The molecule has 8 nitrogen and oxygen atoms in total. The van der Waals surface area contributed by atoms with Crippen LogP contribution in [-0.2, 0) is 19.9 Å². The molecule has 0 amide bonds. The molecule has 2 aromatic heterocycles. The number of benzene rings is 1. The summed E-state index contributed by atoms with van der Waals surface area (Å²) in [5.74, 6) is 2.19. The van der Waals surface area contributed by atoms with Gasteiger partial charge in [0.1, 0.15) is 17.3 Å². The molecule has 1 atom stereocenters. The predicted octanol–water partition coefficient (Wildman–Crippen LogP) is 4.14. The van der Waals surface area contributed by atoms with Crippen molar-refractivity contribution in [3.05, 3.63) is 41.3 Å². The van der Waals surface area contributed by atoms with Crippen molar-refractivity contribution < 1.29 is 18.6 Å². The number of anilines is 1. The predicted molar refractivity (Wildman–Crippen MR) is 130 cm³/mol. The molecule has 1 aromatic carbocycles. The molecule has 186 valence electrons. The first-order valence-corrected chi connectivity index (χ1v) is 12.6. The third kappa shape index (κ3) is 4.41. The SMILES string of the molecule is Cc1nc(N2CC(OC3CCCCO3)C2)cc(-n2ncc3cc(C)c(C4(F)CCOCC4)cc32)n1. The van der Waals surface area contributed by atoms with Crippen molar-refractivity contribution in [2.24, 2.45) is 0 Å². The molecule has 0 radical (unpaired) electrons. The maximum Gasteiger partial charge on any atom is 0.159 e. The molecule has 6 rings (SSSR count). The maximum absolute atomic E-state index is 15.9. The number of ether oxygens (including phenoxy) is 3. The average Bonchev–Trinajstić information content (AvgIpc) is 3.24. The van der Waals surface area contributed by atoms with Crippen LogP contribution in [0.3, 0.4) is 0 Å². The van der Waals surface area contributed by atoms with Crippen LogP contribution >= 0.6 is 0 Å². The number of aromatic nitrogens is 4. The molecule has 9 heteroatoms. The number of nitrogens with zero attached hydrogens (tertiary/aromatic N) is 5. The zero-order valence-corrected chi connectivity index (χ0v) is 20.4. The van der Waals surface area contributed by atoms with E-state index in [9.17, 15) is 0 Å². The lowest BCUT2D eigenvalue weighted by molar-refractivity contribution is -0.191. The summed E-state index contributed by atoms with van der Waals surface area (Å²) in [6.07, 6.45) is 5.86. The zero-order chi connectivity index (χ0) is 24.0. The molecule has 0 aliphatic carbocycles. The van der Waals surface area contributed by atoms with E-state index in [0.717, 1.165) is 61.2 Å². The van der Waals surface area contributed by atoms with Gasteiger partial charge in [0.05, 0.1) is 17.8 Å². The van der Waals surface area contributed by atoms with E-state index in [4.69, 9.17) is 14.2 Å². The van der Waals surface area contributed by atoms with E-state index in [1.807, 2.05) is 38.2 Å². The second-order valence-corrected chi connectivity index (χ2v) is 9.95. The van der Waals surface area contributed by atoms with Gasteiger partial charge < -0.3 is 19.1 Å². The normalized spacial score (nSPS) is 22.9. The Balaban J connectivity index is 1.26. The van der Waals surface area contributed by atoms with Crippen LogP contribution in [0.5, 0.6) is 0 Å². The summed E-state index contributed by atoms with van der Waals surface area (Å²) in [5.41, 5.74) is 1.12. The van der Waals surface area contributed by atoms with Gasteiger partial charge in [-0.2, -0.15) is 5.10 Å².